The highest BCUT2D eigenvalue weighted by atomic mass is 32.2. The number of para-hydroxylation sites is 1. The van der Waals surface area contributed by atoms with Crippen LogP contribution in [0.25, 0.3) is 0 Å². The molecule has 3 rings (SSSR count). The van der Waals surface area contributed by atoms with E-state index in [0.717, 1.165) is 43.3 Å². The van der Waals surface area contributed by atoms with E-state index >= 15 is 0 Å². The van der Waals surface area contributed by atoms with E-state index in [-0.39, 0.29) is 0 Å². The lowest BCUT2D eigenvalue weighted by Gasteiger charge is -2.38. The Morgan fingerprint density at radius 3 is 2.25 bits per heavy atom. The third-order valence-electron chi connectivity index (χ3n) is 4.30. The molecule has 1 aliphatic rings. The van der Waals surface area contributed by atoms with Gasteiger partial charge in [-0.1, -0.05) is 18.2 Å². The Kier molecular flexibility index (Phi) is 4.66. The lowest BCUT2D eigenvalue weighted by atomic mass is 10.2. The number of nitrogens with zero attached hydrogens (tertiary/aromatic N) is 2. The maximum atomic E-state index is 12.0. The third-order valence-corrected chi connectivity index (χ3v) is 5.45. The second-order valence-electron chi connectivity index (χ2n) is 5.92. The van der Waals surface area contributed by atoms with Gasteiger partial charge >= 0.3 is 0 Å². The molecule has 24 heavy (non-hydrogen) atoms. The van der Waals surface area contributed by atoms with Gasteiger partial charge in [0, 0.05) is 44.2 Å². The van der Waals surface area contributed by atoms with Gasteiger partial charge in [0.15, 0.2) is 9.84 Å². The molecule has 0 radical (unpaired) electrons. The smallest absolute Gasteiger partial charge is 0.177 e. The fourth-order valence-corrected chi connectivity index (χ4v) is 3.95. The molecular weight excluding hydrogens is 324 g/mol. The second-order valence-corrected chi connectivity index (χ2v) is 7.90. The number of sulfone groups is 1. The van der Waals surface area contributed by atoms with Crippen LogP contribution in [0.5, 0.6) is 5.75 Å². The fraction of sp³-hybridized carbons (Fsp3) is 0.333. The van der Waals surface area contributed by atoms with Crippen LogP contribution in [0.2, 0.25) is 0 Å². The van der Waals surface area contributed by atoms with Crippen LogP contribution in [-0.2, 0) is 9.84 Å². The summed E-state index contributed by atoms with van der Waals surface area (Å²) >= 11 is 0. The maximum absolute atomic E-state index is 12.0. The molecular formula is C18H22N2O3S. The third kappa shape index (κ3) is 3.48. The van der Waals surface area contributed by atoms with Gasteiger partial charge in [-0.3, -0.25) is 0 Å². The summed E-state index contributed by atoms with van der Waals surface area (Å²) in [6, 6.07) is 15.2. The zero-order valence-electron chi connectivity index (χ0n) is 14.0. The van der Waals surface area contributed by atoms with Crippen LogP contribution in [0.4, 0.5) is 11.4 Å². The van der Waals surface area contributed by atoms with Crippen LogP contribution in [0.3, 0.4) is 0 Å². The molecule has 0 N–H and O–H groups in total. The standard InChI is InChI=1S/C18H22N2O3S/c1-23-16-7-5-6-15(14-16)19-10-12-20(13-11-19)17-8-3-4-9-18(17)24(2,21)22/h3-9,14H,10-13H2,1-2H3. The van der Waals surface area contributed by atoms with Gasteiger partial charge in [-0.05, 0) is 24.3 Å². The van der Waals surface area contributed by atoms with Gasteiger partial charge in [0.25, 0.3) is 0 Å². The first-order chi connectivity index (χ1) is 11.5. The van der Waals surface area contributed by atoms with Gasteiger partial charge in [0.05, 0.1) is 17.7 Å². The Bertz CT molecular complexity index is 813. The van der Waals surface area contributed by atoms with Gasteiger partial charge in [-0.2, -0.15) is 0 Å². The summed E-state index contributed by atoms with van der Waals surface area (Å²) in [5, 5.41) is 0. The molecule has 0 aliphatic carbocycles. The van der Waals surface area contributed by atoms with Crippen LogP contribution in [0.15, 0.2) is 53.4 Å². The van der Waals surface area contributed by atoms with Gasteiger partial charge in [0.1, 0.15) is 5.75 Å². The topological polar surface area (TPSA) is 49.9 Å². The van der Waals surface area contributed by atoms with Crippen molar-refractivity contribution in [3.8, 4) is 5.75 Å². The van der Waals surface area contributed by atoms with Crippen LogP contribution in [0, 0.1) is 0 Å². The number of benzene rings is 2. The van der Waals surface area contributed by atoms with E-state index in [4.69, 9.17) is 4.74 Å². The average Bonchev–Trinajstić information content (AvgIpc) is 2.61. The number of rotatable bonds is 4. The van der Waals surface area contributed by atoms with Crippen molar-refractivity contribution in [2.24, 2.45) is 0 Å². The molecule has 6 heteroatoms. The van der Waals surface area contributed by atoms with E-state index in [9.17, 15) is 8.42 Å². The van der Waals surface area contributed by atoms with Crippen LogP contribution >= 0.6 is 0 Å². The Balaban J connectivity index is 1.76. The lowest BCUT2D eigenvalue weighted by molar-refractivity contribution is 0.414. The minimum Gasteiger partial charge on any atom is -0.497 e. The molecule has 128 valence electrons. The van der Waals surface area contributed by atoms with Crippen molar-refractivity contribution in [3.05, 3.63) is 48.5 Å². The molecule has 1 aliphatic heterocycles. The van der Waals surface area contributed by atoms with Crippen molar-refractivity contribution in [2.45, 2.75) is 4.90 Å². The van der Waals surface area contributed by atoms with Crippen LogP contribution < -0.4 is 14.5 Å². The first-order valence-corrected chi connectivity index (χ1v) is 9.81. The highest BCUT2D eigenvalue weighted by Crippen LogP contribution is 2.28. The highest BCUT2D eigenvalue weighted by molar-refractivity contribution is 7.90. The van der Waals surface area contributed by atoms with Gasteiger partial charge < -0.3 is 14.5 Å². The molecule has 0 amide bonds. The first kappa shape index (κ1) is 16.6. The van der Waals surface area contributed by atoms with Crippen molar-refractivity contribution in [1.29, 1.82) is 0 Å². The summed E-state index contributed by atoms with van der Waals surface area (Å²) in [7, 11) is -1.56. The molecule has 0 aromatic heterocycles. The predicted octanol–water partition coefficient (Wildman–Crippen LogP) is 2.43. The van der Waals surface area contributed by atoms with E-state index in [1.807, 2.05) is 30.3 Å². The van der Waals surface area contributed by atoms with Gasteiger partial charge in [-0.15, -0.1) is 0 Å². The molecule has 2 aromatic carbocycles. The number of methoxy groups -OCH3 is 1. The van der Waals surface area contributed by atoms with E-state index < -0.39 is 9.84 Å². The molecule has 0 atom stereocenters. The number of piperazine rings is 1. The summed E-state index contributed by atoms with van der Waals surface area (Å²) in [4.78, 5) is 4.84. The Labute approximate surface area is 143 Å². The molecule has 0 spiro atoms. The van der Waals surface area contributed by atoms with Crippen LogP contribution in [0.1, 0.15) is 0 Å². The quantitative estimate of drug-likeness (QED) is 0.851. The zero-order valence-corrected chi connectivity index (χ0v) is 14.8. The van der Waals surface area contributed by atoms with E-state index in [2.05, 4.69) is 15.9 Å². The van der Waals surface area contributed by atoms with Crippen LogP contribution in [-0.4, -0.2) is 48.0 Å². The molecule has 0 bridgehead atoms. The number of hydrogen-bond acceptors (Lipinski definition) is 5. The highest BCUT2D eigenvalue weighted by Gasteiger charge is 2.22. The van der Waals surface area contributed by atoms with Crippen molar-refractivity contribution >= 4 is 21.2 Å². The summed E-state index contributed by atoms with van der Waals surface area (Å²) in [5.41, 5.74) is 1.93. The number of hydrogen-bond donors (Lipinski definition) is 0. The van der Waals surface area contributed by atoms with Gasteiger partial charge in [-0.25, -0.2) is 8.42 Å². The average molecular weight is 346 g/mol. The normalized spacial score (nSPS) is 15.4. The van der Waals surface area contributed by atoms with E-state index in [1.54, 1.807) is 19.2 Å². The van der Waals surface area contributed by atoms with Crippen molar-refractivity contribution in [2.75, 3.05) is 49.3 Å². The summed E-state index contributed by atoms with van der Waals surface area (Å²) in [6.07, 6.45) is 1.26. The molecule has 1 saturated heterocycles. The SMILES string of the molecule is COc1cccc(N2CCN(c3ccccc3S(C)(=O)=O)CC2)c1. The Hall–Kier alpha value is -2.21. The molecule has 5 nitrogen and oxygen atoms in total. The summed E-state index contributed by atoms with van der Waals surface area (Å²) in [5.74, 6) is 0.845. The number of ether oxygens (including phenoxy) is 1. The zero-order chi connectivity index (χ0) is 17.2. The van der Waals surface area contributed by atoms with Gasteiger partial charge in [0.2, 0.25) is 0 Å². The monoisotopic (exact) mass is 346 g/mol. The predicted molar refractivity (Wildman–Crippen MR) is 97.0 cm³/mol. The van der Waals surface area contributed by atoms with Crippen molar-refractivity contribution in [1.82, 2.24) is 0 Å². The lowest BCUT2D eigenvalue weighted by Crippen LogP contribution is -2.46. The molecule has 0 unspecified atom stereocenters. The van der Waals surface area contributed by atoms with Crippen molar-refractivity contribution in [3.63, 3.8) is 0 Å². The molecule has 2 aromatic rings. The first-order valence-electron chi connectivity index (χ1n) is 7.92. The minimum atomic E-state index is -3.23. The largest absolute Gasteiger partial charge is 0.497 e. The summed E-state index contributed by atoms with van der Waals surface area (Å²) in [6.45, 7) is 3.24. The van der Waals surface area contributed by atoms with Crippen molar-refractivity contribution < 1.29 is 13.2 Å². The second kappa shape index (κ2) is 6.73. The Morgan fingerprint density at radius 1 is 0.917 bits per heavy atom. The van der Waals surface area contributed by atoms with E-state index in [0.29, 0.717) is 4.90 Å². The molecule has 1 heterocycles. The molecule has 0 saturated carbocycles. The van der Waals surface area contributed by atoms with E-state index in [1.165, 1.54) is 6.26 Å². The molecule has 1 fully saturated rings. The minimum absolute atomic E-state index is 0.403. The maximum Gasteiger partial charge on any atom is 0.177 e. The Morgan fingerprint density at radius 2 is 1.58 bits per heavy atom. The summed E-state index contributed by atoms with van der Waals surface area (Å²) < 4.78 is 29.3. The number of anilines is 2. The fourth-order valence-electron chi connectivity index (χ4n) is 3.04.